The zero-order valence-corrected chi connectivity index (χ0v) is 17.1. The lowest BCUT2D eigenvalue weighted by molar-refractivity contribution is -0.138. The van der Waals surface area contributed by atoms with Gasteiger partial charge in [-0.1, -0.05) is 19.9 Å². The summed E-state index contributed by atoms with van der Waals surface area (Å²) in [6.07, 6.45) is 3.01. The van der Waals surface area contributed by atoms with Gasteiger partial charge in [-0.15, -0.1) is 0 Å². The molecule has 1 aliphatic heterocycles. The smallest absolute Gasteiger partial charge is 0.317 e. The monoisotopic (exact) mass is 378 g/mol. The van der Waals surface area contributed by atoms with Gasteiger partial charge < -0.3 is 14.6 Å². The van der Waals surface area contributed by atoms with E-state index >= 15 is 0 Å². The van der Waals surface area contributed by atoms with Crippen LogP contribution in [0.3, 0.4) is 0 Å². The molecular weight excluding hydrogens is 344 g/mol. The maximum absolute atomic E-state index is 10.9. The van der Waals surface area contributed by atoms with E-state index in [2.05, 4.69) is 30.9 Å². The summed E-state index contributed by atoms with van der Waals surface area (Å²) in [5.74, 6) is 1.44. The number of hydrogen-bond acceptors (Lipinski definition) is 5. The third-order valence-electron chi connectivity index (χ3n) is 5.15. The molecule has 152 valence electrons. The first-order valence-electron chi connectivity index (χ1n) is 9.83. The number of nitrogens with zero attached hydrogens (tertiary/aromatic N) is 2. The fraction of sp³-hybridized carbons (Fsp3) is 0.667. The van der Waals surface area contributed by atoms with Crippen LogP contribution < -0.4 is 9.47 Å². The first-order valence-corrected chi connectivity index (χ1v) is 9.83. The van der Waals surface area contributed by atoms with Crippen LogP contribution in [-0.4, -0.2) is 67.3 Å². The van der Waals surface area contributed by atoms with Crippen molar-refractivity contribution in [2.45, 2.75) is 45.7 Å². The van der Waals surface area contributed by atoms with Gasteiger partial charge in [-0.05, 0) is 63.0 Å². The number of carboxylic acid groups (broad SMARTS) is 1. The van der Waals surface area contributed by atoms with Crippen LogP contribution in [0, 0.1) is 5.92 Å². The minimum Gasteiger partial charge on any atom is -0.493 e. The van der Waals surface area contributed by atoms with Gasteiger partial charge in [-0.25, -0.2) is 0 Å². The van der Waals surface area contributed by atoms with Gasteiger partial charge in [-0.3, -0.25) is 14.6 Å². The van der Waals surface area contributed by atoms with Gasteiger partial charge in [0.1, 0.15) is 0 Å². The van der Waals surface area contributed by atoms with Crippen molar-refractivity contribution in [3.8, 4) is 11.5 Å². The topological polar surface area (TPSA) is 62.2 Å². The van der Waals surface area contributed by atoms with Crippen LogP contribution in [0.25, 0.3) is 0 Å². The Morgan fingerprint density at radius 2 is 2.00 bits per heavy atom. The highest BCUT2D eigenvalue weighted by molar-refractivity contribution is 5.69. The second kappa shape index (κ2) is 10.5. The number of hydrogen-bond donors (Lipinski definition) is 1. The molecule has 0 unspecified atom stereocenters. The Balaban J connectivity index is 1.89. The molecule has 0 amide bonds. The first-order chi connectivity index (χ1) is 12.9. The quantitative estimate of drug-likeness (QED) is 0.675. The molecule has 0 spiro atoms. The third-order valence-corrected chi connectivity index (χ3v) is 5.15. The summed E-state index contributed by atoms with van der Waals surface area (Å²) >= 11 is 0. The van der Waals surface area contributed by atoms with Crippen molar-refractivity contribution in [2.24, 2.45) is 5.92 Å². The van der Waals surface area contributed by atoms with E-state index in [1.165, 1.54) is 5.56 Å². The second-order valence-electron chi connectivity index (χ2n) is 7.83. The summed E-state index contributed by atoms with van der Waals surface area (Å²) in [6, 6.07) is 6.51. The van der Waals surface area contributed by atoms with Gasteiger partial charge in [0, 0.05) is 12.6 Å². The number of rotatable bonds is 10. The highest BCUT2D eigenvalue weighted by Crippen LogP contribution is 2.29. The Morgan fingerprint density at radius 3 is 2.59 bits per heavy atom. The first kappa shape index (κ1) is 21.5. The van der Waals surface area contributed by atoms with E-state index in [1.807, 2.05) is 18.0 Å². The van der Waals surface area contributed by atoms with Crippen molar-refractivity contribution in [2.75, 3.05) is 40.4 Å². The number of carboxylic acids is 1. The fourth-order valence-electron chi connectivity index (χ4n) is 3.46. The van der Waals surface area contributed by atoms with Crippen LogP contribution in [0.1, 0.15) is 38.7 Å². The molecule has 0 saturated carbocycles. The minimum absolute atomic E-state index is 0.111. The SMILES string of the molecule is COc1ccc(CN2CCC(N(C)CC(=O)O)CC2)cc1OCCC(C)C. The van der Waals surface area contributed by atoms with Gasteiger partial charge in [0.05, 0.1) is 20.3 Å². The summed E-state index contributed by atoms with van der Waals surface area (Å²) in [5, 5.41) is 8.95. The molecule has 1 saturated heterocycles. The van der Waals surface area contributed by atoms with E-state index in [1.54, 1.807) is 7.11 Å². The molecule has 0 aromatic heterocycles. The highest BCUT2D eigenvalue weighted by Gasteiger charge is 2.23. The number of piperidine rings is 1. The Labute approximate surface area is 163 Å². The zero-order chi connectivity index (χ0) is 19.8. The molecule has 6 nitrogen and oxygen atoms in total. The number of carbonyl (C=O) groups is 1. The molecule has 0 bridgehead atoms. The van der Waals surface area contributed by atoms with Crippen molar-refractivity contribution in [1.29, 1.82) is 0 Å². The van der Waals surface area contributed by atoms with Crippen molar-refractivity contribution in [3.05, 3.63) is 23.8 Å². The molecule has 1 heterocycles. The van der Waals surface area contributed by atoms with Crippen molar-refractivity contribution < 1.29 is 19.4 Å². The van der Waals surface area contributed by atoms with Gasteiger partial charge in [0.25, 0.3) is 0 Å². The summed E-state index contributed by atoms with van der Waals surface area (Å²) in [6.45, 7) is 8.01. The molecule has 27 heavy (non-hydrogen) atoms. The lowest BCUT2D eigenvalue weighted by Crippen LogP contribution is -2.44. The summed E-state index contributed by atoms with van der Waals surface area (Å²) in [4.78, 5) is 15.3. The summed E-state index contributed by atoms with van der Waals surface area (Å²) in [7, 11) is 3.57. The largest absolute Gasteiger partial charge is 0.493 e. The molecule has 1 aromatic rings. The molecule has 1 aromatic carbocycles. The average molecular weight is 379 g/mol. The summed E-state index contributed by atoms with van der Waals surface area (Å²) < 4.78 is 11.4. The molecule has 2 rings (SSSR count). The standard InChI is InChI=1S/C21H34N2O4/c1-16(2)9-12-27-20-13-17(5-6-19(20)26-4)14-23-10-7-18(8-11-23)22(3)15-21(24)25/h5-6,13,16,18H,7-12,14-15H2,1-4H3,(H,24,25). The number of ether oxygens (including phenoxy) is 2. The molecule has 1 aliphatic rings. The molecule has 0 aliphatic carbocycles. The van der Waals surface area contributed by atoms with E-state index in [0.29, 0.717) is 18.6 Å². The van der Waals surface area contributed by atoms with Crippen molar-refractivity contribution in [1.82, 2.24) is 9.80 Å². The Bertz CT molecular complexity index is 598. The number of aliphatic carboxylic acids is 1. The number of methoxy groups -OCH3 is 1. The van der Waals surface area contributed by atoms with Crippen LogP contribution >= 0.6 is 0 Å². The van der Waals surface area contributed by atoms with E-state index in [0.717, 1.165) is 50.4 Å². The van der Waals surface area contributed by atoms with E-state index in [-0.39, 0.29) is 6.54 Å². The van der Waals surface area contributed by atoms with Gasteiger partial charge >= 0.3 is 5.97 Å². The Morgan fingerprint density at radius 1 is 1.30 bits per heavy atom. The van der Waals surface area contributed by atoms with E-state index < -0.39 is 5.97 Å². The lowest BCUT2D eigenvalue weighted by Gasteiger charge is -2.36. The second-order valence-corrected chi connectivity index (χ2v) is 7.83. The lowest BCUT2D eigenvalue weighted by atomic mass is 10.0. The van der Waals surface area contributed by atoms with Crippen LogP contribution in [0.2, 0.25) is 0 Å². The molecule has 0 atom stereocenters. The molecule has 1 fully saturated rings. The molecule has 0 radical (unpaired) electrons. The van der Waals surface area contributed by atoms with Gasteiger partial charge in [0.15, 0.2) is 11.5 Å². The van der Waals surface area contributed by atoms with Crippen molar-refractivity contribution >= 4 is 5.97 Å². The highest BCUT2D eigenvalue weighted by atomic mass is 16.5. The Kier molecular flexibility index (Phi) is 8.38. The minimum atomic E-state index is -0.761. The summed E-state index contributed by atoms with van der Waals surface area (Å²) in [5.41, 5.74) is 1.22. The third kappa shape index (κ3) is 7.03. The average Bonchev–Trinajstić information content (AvgIpc) is 2.61. The molecular formula is C21H34N2O4. The van der Waals surface area contributed by atoms with Gasteiger partial charge in [-0.2, -0.15) is 0 Å². The maximum atomic E-state index is 10.9. The van der Waals surface area contributed by atoms with Crippen LogP contribution in [0.15, 0.2) is 18.2 Å². The van der Waals surface area contributed by atoms with E-state index in [4.69, 9.17) is 14.6 Å². The zero-order valence-electron chi connectivity index (χ0n) is 17.1. The predicted molar refractivity (Wildman–Crippen MR) is 107 cm³/mol. The number of likely N-dealkylation sites (tertiary alicyclic amines) is 1. The normalized spacial score (nSPS) is 16.1. The van der Waals surface area contributed by atoms with E-state index in [9.17, 15) is 4.79 Å². The van der Waals surface area contributed by atoms with Crippen LogP contribution in [0.5, 0.6) is 11.5 Å². The molecule has 6 heteroatoms. The molecule has 1 N–H and O–H groups in total. The van der Waals surface area contributed by atoms with Crippen molar-refractivity contribution in [3.63, 3.8) is 0 Å². The predicted octanol–water partition coefficient (Wildman–Crippen LogP) is 3.10. The fourth-order valence-corrected chi connectivity index (χ4v) is 3.46. The van der Waals surface area contributed by atoms with Gasteiger partial charge in [0.2, 0.25) is 0 Å². The van der Waals surface area contributed by atoms with Crippen LogP contribution in [-0.2, 0) is 11.3 Å². The van der Waals surface area contributed by atoms with Crippen LogP contribution in [0.4, 0.5) is 0 Å². The Hall–Kier alpha value is -1.79. The number of likely N-dealkylation sites (N-methyl/N-ethyl adjacent to an activating group) is 1. The number of benzene rings is 1. The maximum Gasteiger partial charge on any atom is 0.317 e.